The average Bonchev–Trinajstić information content (AvgIpc) is 3.96. The van der Waals surface area contributed by atoms with Gasteiger partial charge in [0, 0.05) is 55.6 Å². The summed E-state index contributed by atoms with van der Waals surface area (Å²) in [6.07, 6.45) is 5.43. The normalized spacial score (nSPS) is 23.9. The maximum absolute atomic E-state index is 14.6. The van der Waals surface area contributed by atoms with E-state index < -0.39 is 50.4 Å². The first-order valence-electron chi connectivity index (χ1n) is 17.2. The van der Waals surface area contributed by atoms with Crippen molar-refractivity contribution in [3.63, 3.8) is 0 Å². The van der Waals surface area contributed by atoms with Crippen LogP contribution in [0.15, 0.2) is 35.7 Å². The second-order valence-corrected chi connectivity index (χ2v) is 17.0. The Kier molecular flexibility index (Phi) is 10.7. The number of pyridine rings is 1. The van der Waals surface area contributed by atoms with E-state index in [4.69, 9.17) is 31.0 Å². The monoisotopic (exact) mass is 776 g/mol. The van der Waals surface area contributed by atoms with Crippen LogP contribution in [0.4, 0.5) is 9.18 Å². The molecule has 2 aromatic heterocycles. The number of aromatic nitrogens is 2. The number of benzene rings is 1. The van der Waals surface area contributed by atoms with Crippen molar-refractivity contribution in [1.29, 1.82) is 0 Å². The molecule has 2 saturated carbocycles. The Morgan fingerprint density at radius 2 is 1.98 bits per heavy atom. The predicted octanol–water partition coefficient (Wildman–Crippen LogP) is 5.44. The van der Waals surface area contributed by atoms with Gasteiger partial charge in [0.2, 0.25) is 10.9 Å². The molecule has 3 atom stereocenters. The second-order valence-electron chi connectivity index (χ2n) is 13.8. The first kappa shape index (κ1) is 37.7. The van der Waals surface area contributed by atoms with Gasteiger partial charge < -0.3 is 25.0 Å². The van der Waals surface area contributed by atoms with Crippen LogP contribution in [0.25, 0.3) is 21.6 Å². The van der Waals surface area contributed by atoms with Crippen LogP contribution in [-0.4, -0.2) is 85.0 Å². The smallest absolute Gasteiger partial charge is 0.317 e. The molecule has 0 bridgehead atoms. The molecule has 52 heavy (non-hydrogen) atoms. The minimum Gasteiger partial charge on any atom is -0.495 e. The highest BCUT2D eigenvalue weighted by Crippen LogP contribution is 2.48. The molecular formula is C35H42ClFN6O7S2. The Morgan fingerprint density at radius 3 is 2.67 bits per heavy atom. The van der Waals surface area contributed by atoms with Crippen molar-refractivity contribution in [2.75, 3.05) is 27.3 Å². The third-order valence-electron chi connectivity index (χ3n) is 9.62. The number of fused-ring (bicyclic) bond motifs is 2. The molecule has 2 aliphatic carbocycles. The summed E-state index contributed by atoms with van der Waals surface area (Å²) in [7, 11) is -1.49. The first-order chi connectivity index (χ1) is 24.7. The molecular weight excluding hydrogens is 735 g/mol. The van der Waals surface area contributed by atoms with E-state index in [0.29, 0.717) is 52.5 Å². The summed E-state index contributed by atoms with van der Waals surface area (Å²) in [6, 6.07) is 3.50. The Labute approximate surface area is 310 Å². The van der Waals surface area contributed by atoms with Gasteiger partial charge >= 0.3 is 6.03 Å². The Hall–Kier alpha value is -4.02. The number of urea groups is 1. The number of hydrogen-bond donors (Lipinski definition) is 3. The average molecular weight is 777 g/mol. The molecule has 0 saturated heterocycles. The summed E-state index contributed by atoms with van der Waals surface area (Å²) < 4.78 is 53.5. The highest BCUT2D eigenvalue weighted by molar-refractivity contribution is 7.91. The summed E-state index contributed by atoms with van der Waals surface area (Å²) in [5.74, 6) is -1.22. The number of thiazole rings is 1. The van der Waals surface area contributed by atoms with Gasteiger partial charge in [0.1, 0.15) is 38.8 Å². The maximum Gasteiger partial charge on any atom is 0.317 e. The van der Waals surface area contributed by atoms with E-state index in [2.05, 4.69) is 10.6 Å². The number of nitrogens with zero attached hydrogens (tertiary/aromatic N) is 3. The number of methoxy groups -OCH3 is 1. The molecule has 0 spiro atoms. The molecule has 2 fully saturated rings. The SMILES string of the molecule is COc1ccc2c(OCCC3NC(=O)N(C)CCCC/C=C\C4CC4(C(=O)NS(=O)(=O)C4(F)CC4)NC3=O)cc(-c3nc(C(C)C)cs3)nc2c1Cl. The van der Waals surface area contributed by atoms with E-state index in [1.54, 1.807) is 31.3 Å². The topological polar surface area (TPSA) is 169 Å². The molecule has 280 valence electrons. The predicted molar refractivity (Wildman–Crippen MR) is 196 cm³/mol. The molecule has 13 nitrogen and oxygen atoms in total. The molecule has 0 radical (unpaired) electrons. The van der Waals surface area contributed by atoms with Gasteiger partial charge in [0.15, 0.2) is 0 Å². The lowest BCUT2D eigenvalue weighted by molar-refractivity contribution is -0.130. The van der Waals surface area contributed by atoms with Crippen molar-refractivity contribution in [2.24, 2.45) is 5.92 Å². The van der Waals surface area contributed by atoms with E-state index in [9.17, 15) is 27.2 Å². The Bertz CT molecular complexity index is 2020. The van der Waals surface area contributed by atoms with Crippen LogP contribution in [0.3, 0.4) is 0 Å². The number of hydrogen-bond acceptors (Lipinski definition) is 10. The summed E-state index contributed by atoms with van der Waals surface area (Å²) in [6.45, 7) is 4.48. The second kappa shape index (κ2) is 14.8. The summed E-state index contributed by atoms with van der Waals surface area (Å²) in [5.41, 5.74) is 0.228. The third kappa shape index (κ3) is 7.69. The van der Waals surface area contributed by atoms with Gasteiger partial charge in [0.05, 0.1) is 24.9 Å². The summed E-state index contributed by atoms with van der Waals surface area (Å²) in [4.78, 5) is 51.7. The van der Waals surface area contributed by atoms with Gasteiger partial charge in [0.25, 0.3) is 15.9 Å². The number of halogens is 2. The van der Waals surface area contributed by atoms with Crippen LogP contribution in [0.1, 0.15) is 70.4 Å². The van der Waals surface area contributed by atoms with E-state index in [1.165, 1.54) is 23.3 Å². The number of amides is 4. The fraction of sp³-hybridized carbons (Fsp3) is 0.514. The van der Waals surface area contributed by atoms with Gasteiger partial charge in [-0.3, -0.25) is 9.59 Å². The molecule has 3 N–H and O–H groups in total. The zero-order chi connectivity index (χ0) is 37.4. The minimum atomic E-state index is -4.62. The zero-order valence-corrected chi connectivity index (χ0v) is 31.7. The molecule has 6 rings (SSSR count). The van der Waals surface area contributed by atoms with Crippen LogP contribution in [0.2, 0.25) is 5.02 Å². The first-order valence-corrected chi connectivity index (χ1v) is 19.9. The number of carbonyl (C=O) groups excluding carboxylic acids is 3. The largest absolute Gasteiger partial charge is 0.495 e. The molecule has 4 amide bonds. The van der Waals surface area contributed by atoms with Crippen molar-refractivity contribution >= 4 is 61.7 Å². The van der Waals surface area contributed by atoms with Crippen molar-refractivity contribution in [3.05, 3.63) is 46.4 Å². The van der Waals surface area contributed by atoms with Crippen molar-refractivity contribution < 1.29 is 36.7 Å². The number of sulfonamides is 1. The molecule has 17 heteroatoms. The van der Waals surface area contributed by atoms with Crippen molar-refractivity contribution in [2.45, 2.75) is 81.3 Å². The molecule has 1 aliphatic heterocycles. The number of allylic oxidation sites excluding steroid dienone is 1. The van der Waals surface area contributed by atoms with Gasteiger partial charge in [-0.15, -0.1) is 11.3 Å². The number of alkyl halides is 1. The molecule has 3 heterocycles. The van der Waals surface area contributed by atoms with Gasteiger partial charge in [-0.25, -0.2) is 32.3 Å². The fourth-order valence-electron chi connectivity index (χ4n) is 6.01. The van der Waals surface area contributed by atoms with Crippen molar-refractivity contribution in [1.82, 2.24) is 30.2 Å². The molecule has 3 aliphatic rings. The van der Waals surface area contributed by atoms with Crippen LogP contribution < -0.4 is 24.8 Å². The van der Waals surface area contributed by atoms with Crippen LogP contribution in [-0.2, 0) is 19.6 Å². The maximum atomic E-state index is 14.6. The van der Waals surface area contributed by atoms with Crippen molar-refractivity contribution in [3.8, 4) is 22.2 Å². The lowest BCUT2D eigenvalue weighted by atomic mass is 10.1. The van der Waals surface area contributed by atoms with Crippen LogP contribution in [0.5, 0.6) is 11.5 Å². The number of nitrogens with one attached hydrogen (secondary N) is 3. The highest BCUT2D eigenvalue weighted by Gasteiger charge is 2.63. The fourth-order valence-corrected chi connectivity index (χ4v) is 8.49. The third-order valence-corrected chi connectivity index (χ3v) is 12.7. The van der Waals surface area contributed by atoms with Crippen LogP contribution in [0, 0.1) is 5.92 Å². The summed E-state index contributed by atoms with van der Waals surface area (Å²) in [5, 5.41) is 6.46. The molecule has 3 aromatic rings. The van der Waals surface area contributed by atoms with Crippen LogP contribution >= 0.6 is 22.9 Å². The minimum absolute atomic E-state index is 0.0344. The van der Waals surface area contributed by atoms with E-state index in [1.807, 2.05) is 30.0 Å². The number of rotatable bonds is 10. The van der Waals surface area contributed by atoms with E-state index in [0.717, 1.165) is 12.1 Å². The quantitative estimate of drug-likeness (QED) is 0.227. The standard InChI is InChI=1S/C35H42ClFN6O7S2/c1-20(2)25-19-51-31(39-25)24-17-27(22-10-11-26(49-4)28(36)29(22)38-24)50-16-12-23-30(44)41-35(32(45)42-52(47,48)34(37)13-14-34)18-21(35)9-7-5-6-8-15-43(3)33(46)40-23/h7,9-11,17,19-21,23H,5-6,8,12-16,18H2,1-4H3,(H,40,46)(H,41,44)(H,42,45)/b9-7-. The highest BCUT2D eigenvalue weighted by atomic mass is 35.5. The van der Waals surface area contributed by atoms with Gasteiger partial charge in [-0.05, 0) is 43.7 Å². The Morgan fingerprint density at radius 1 is 1.21 bits per heavy atom. The van der Waals surface area contributed by atoms with Gasteiger partial charge in [-0.1, -0.05) is 37.6 Å². The zero-order valence-electron chi connectivity index (χ0n) is 29.3. The van der Waals surface area contributed by atoms with E-state index >= 15 is 0 Å². The Balaban J connectivity index is 1.27. The number of ether oxygens (including phenoxy) is 2. The lowest BCUT2D eigenvalue weighted by Gasteiger charge is -2.26. The van der Waals surface area contributed by atoms with Gasteiger partial charge in [-0.2, -0.15) is 0 Å². The summed E-state index contributed by atoms with van der Waals surface area (Å²) >= 11 is 8.14. The number of carbonyl (C=O) groups is 3. The lowest BCUT2D eigenvalue weighted by Crippen LogP contribution is -2.58. The molecule has 3 unspecified atom stereocenters. The van der Waals surface area contributed by atoms with E-state index in [-0.39, 0.29) is 43.2 Å². The molecule has 1 aromatic carbocycles.